The van der Waals surface area contributed by atoms with Crippen molar-refractivity contribution in [3.05, 3.63) is 81.3 Å². The van der Waals surface area contributed by atoms with Crippen molar-refractivity contribution < 1.29 is 9.53 Å². The molecule has 0 N–H and O–H groups in total. The van der Waals surface area contributed by atoms with Crippen LogP contribution in [-0.2, 0) is 13.2 Å². The molecule has 0 bridgehead atoms. The summed E-state index contributed by atoms with van der Waals surface area (Å²) in [4.78, 5) is 19.7. The smallest absolute Gasteiger partial charge is 0.254 e. The number of aromatic nitrogens is 1. The van der Waals surface area contributed by atoms with E-state index >= 15 is 0 Å². The second kappa shape index (κ2) is 9.70. The van der Waals surface area contributed by atoms with Gasteiger partial charge >= 0.3 is 0 Å². The number of rotatable bonds is 8. The average Bonchev–Trinajstić information content (AvgIpc) is 3.18. The highest BCUT2D eigenvalue weighted by Crippen LogP contribution is 2.19. The molecule has 152 valence electrons. The Kier molecular flexibility index (Phi) is 7.04. The number of benzene rings is 2. The Hall–Kier alpha value is -2.66. The van der Waals surface area contributed by atoms with E-state index in [1.807, 2.05) is 65.7 Å². The molecule has 3 rings (SSSR count). The van der Waals surface area contributed by atoms with Crippen molar-refractivity contribution in [1.82, 2.24) is 9.88 Å². The predicted octanol–water partition coefficient (Wildman–Crippen LogP) is 5.78. The second-order valence-corrected chi connectivity index (χ2v) is 8.33. The Morgan fingerprint density at radius 2 is 1.69 bits per heavy atom. The molecule has 2 aromatic carbocycles. The number of amides is 1. The Labute approximate surface area is 177 Å². The fourth-order valence-electron chi connectivity index (χ4n) is 2.95. The predicted molar refractivity (Wildman–Crippen MR) is 118 cm³/mol. The van der Waals surface area contributed by atoms with Crippen LogP contribution in [0.15, 0.2) is 53.9 Å². The van der Waals surface area contributed by atoms with Crippen LogP contribution in [-0.4, -0.2) is 21.8 Å². The largest absolute Gasteiger partial charge is 0.486 e. The van der Waals surface area contributed by atoms with E-state index in [2.05, 4.69) is 25.8 Å². The lowest BCUT2D eigenvalue weighted by atomic mass is 10.1. The molecule has 0 aliphatic rings. The lowest BCUT2D eigenvalue weighted by molar-refractivity contribution is 0.0669. The molecular weight excluding hydrogens is 380 g/mol. The Morgan fingerprint density at radius 1 is 1.07 bits per heavy atom. The van der Waals surface area contributed by atoms with Gasteiger partial charge in [0.05, 0.1) is 12.2 Å². The number of hydrogen-bond donors (Lipinski definition) is 0. The van der Waals surface area contributed by atoms with Crippen molar-refractivity contribution in [2.45, 2.75) is 53.3 Å². The number of carbonyl (C=O) groups is 1. The topological polar surface area (TPSA) is 42.4 Å². The molecule has 0 saturated carbocycles. The standard InChI is InChI=1S/C24H28N2O2S/c1-5-19(4)26(24(27)20-10-6-17(2)7-11-20)14-21-16-29-23(25-21)15-28-22-12-8-18(3)9-13-22/h6-13,16,19H,5,14-15H2,1-4H3. The van der Waals surface area contributed by atoms with Gasteiger partial charge < -0.3 is 9.64 Å². The summed E-state index contributed by atoms with van der Waals surface area (Å²) in [6.07, 6.45) is 0.894. The first-order valence-corrected chi connectivity index (χ1v) is 10.8. The minimum absolute atomic E-state index is 0.0461. The van der Waals surface area contributed by atoms with Gasteiger partial charge in [0.2, 0.25) is 0 Å². The molecule has 5 heteroatoms. The van der Waals surface area contributed by atoms with Crippen molar-refractivity contribution in [3.63, 3.8) is 0 Å². The molecule has 29 heavy (non-hydrogen) atoms. The van der Waals surface area contributed by atoms with Crippen LogP contribution >= 0.6 is 11.3 Å². The van der Waals surface area contributed by atoms with Crippen LogP contribution in [0, 0.1) is 13.8 Å². The zero-order valence-electron chi connectivity index (χ0n) is 17.5. The summed E-state index contributed by atoms with van der Waals surface area (Å²) in [5.41, 5.74) is 3.97. The Bertz CT molecular complexity index is 932. The summed E-state index contributed by atoms with van der Waals surface area (Å²) in [5.74, 6) is 0.882. The number of nitrogens with zero attached hydrogens (tertiary/aromatic N) is 2. The molecule has 1 amide bonds. The second-order valence-electron chi connectivity index (χ2n) is 7.39. The van der Waals surface area contributed by atoms with E-state index in [-0.39, 0.29) is 11.9 Å². The molecular formula is C24H28N2O2S. The van der Waals surface area contributed by atoms with Crippen molar-refractivity contribution >= 4 is 17.2 Å². The first-order valence-electron chi connectivity index (χ1n) is 9.96. The fourth-order valence-corrected chi connectivity index (χ4v) is 3.65. The molecule has 0 saturated heterocycles. The number of aryl methyl sites for hydroxylation is 2. The summed E-state index contributed by atoms with van der Waals surface area (Å²) in [7, 11) is 0. The third-order valence-corrected chi connectivity index (χ3v) is 5.87. The van der Waals surface area contributed by atoms with Gasteiger partial charge in [0.15, 0.2) is 0 Å². The van der Waals surface area contributed by atoms with Crippen LogP contribution in [0.4, 0.5) is 0 Å². The molecule has 3 aromatic rings. The van der Waals surface area contributed by atoms with Gasteiger partial charge in [0.25, 0.3) is 5.91 Å². The van der Waals surface area contributed by atoms with Gasteiger partial charge in [-0.15, -0.1) is 11.3 Å². The van der Waals surface area contributed by atoms with Crippen LogP contribution in [0.2, 0.25) is 0 Å². The van der Waals surface area contributed by atoms with Gasteiger partial charge in [0.1, 0.15) is 17.4 Å². The summed E-state index contributed by atoms with van der Waals surface area (Å²) in [6.45, 7) is 9.20. The van der Waals surface area contributed by atoms with Gasteiger partial charge in [-0.1, -0.05) is 42.3 Å². The highest BCUT2D eigenvalue weighted by Gasteiger charge is 2.22. The van der Waals surface area contributed by atoms with Crippen molar-refractivity contribution in [3.8, 4) is 5.75 Å². The van der Waals surface area contributed by atoms with Gasteiger partial charge in [-0.2, -0.15) is 0 Å². The number of hydrogen-bond acceptors (Lipinski definition) is 4. The lowest BCUT2D eigenvalue weighted by Gasteiger charge is -2.28. The highest BCUT2D eigenvalue weighted by molar-refractivity contribution is 7.09. The van der Waals surface area contributed by atoms with Gasteiger partial charge in [-0.05, 0) is 51.5 Å². The zero-order valence-corrected chi connectivity index (χ0v) is 18.3. The summed E-state index contributed by atoms with van der Waals surface area (Å²) >= 11 is 1.57. The summed E-state index contributed by atoms with van der Waals surface area (Å²) < 4.78 is 5.83. The third kappa shape index (κ3) is 5.67. The molecule has 1 heterocycles. The van der Waals surface area contributed by atoms with E-state index in [4.69, 9.17) is 4.74 Å². The molecule has 0 aliphatic carbocycles. The monoisotopic (exact) mass is 408 g/mol. The van der Waals surface area contributed by atoms with E-state index in [0.29, 0.717) is 18.7 Å². The maximum atomic E-state index is 13.1. The van der Waals surface area contributed by atoms with E-state index in [1.54, 1.807) is 11.3 Å². The van der Waals surface area contributed by atoms with Crippen molar-refractivity contribution in [1.29, 1.82) is 0 Å². The van der Waals surface area contributed by atoms with Gasteiger partial charge in [-0.25, -0.2) is 4.98 Å². The van der Waals surface area contributed by atoms with Crippen molar-refractivity contribution in [2.24, 2.45) is 0 Å². The van der Waals surface area contributed by atoms with Crippen molar-refractivity contribution in [2.75, 3.05) is 0 Å². The third-order valence-electron chi connectivity index (χ3n) is 5.00. The molecule has 0 spiro atoms. The minimum atomic E-state index is 0.0461. The Morgan fingerprint density at radius 3 is 2.31 bits per heavy atom. The maximum absolute atomic E-state index is 13.1. The first-order chi connectivity index (χ1) is 14.0. The van der Waals surface area contributed by atoms with E-state index in [0.717, 1.165) is 28.4 Å². The molecule has 0 fully saturated rings. The van der Waals surface area contributed by atoms with Gasteiger partial charge in [0, 0.05) is 17.0 Å². The highest BCUT2D eigenvalue weighted by atomic mass is 32.1. The quantitative estimate of drug-likeness (QED) is 0.474. The normalized spacial score (nSPS) is 11.9. The number of carbonyl (C=O) groups excluding carboxylic acids is 1. The van der Waals surface area contributed by atoms with Crippen LogP contribution in [0.1, 0.15) is 52.5 Å². The van der Waals surface area contributed by atoms with E-state index in [1.165, 1.54) is 5.56 Å². The average molecular weight is 409 g/mol. The Balaban J connectivity index is 1.67. The van der Waals surface area contributed by atoms with E-state index < -0.39 is 0 Å². The minimum Gasteiger partial charge on any atom is -0.486 e. The molecule has 0 radical (unpaired) electrons. The molecule has 1 aromatic heterocycles. The molecule has 0 aliphatic heterocycles. The van der Waals surface area contributed by atoms with Crippen LogP contribution < -0.4 is 4.74 Å². The first kappa shape index (κ1) is 21.1. The zero-order chi connectivity index (χ0) is 20.8. The van der Waals surface area contributed by atoms with Crippen LogP contribution in [0.5, 0.6) is 5.75 Å². The molecule has 1 atom stereocenters. The van der Waals surface area contributed by atoms with Crippen LogP contribution in [0.25, 0.3) is 0 Å². The number of ether oxygens (including phenoxy) is 1. The lowest BCUT2D eigenvalue weighted by Crippen LogP contribution is -2.37. The summed E-state index contributed by atoms with van der Waals surface area (Å²) in [6, 6.07) is 15.9. The van der Waals surface area contributed by atoms with Crippen LogP contribution in [0.3, 0.4) is 0 Å². The number of thiazole rings is 1. The fraction of sp³-hybridized carbons (Fsp3) is 0.333. The van der Waals surface area contributed by atoms with Gasteiger partial charge in [-0.3, -0.25) is 4.79 Å². The maximum Gasteiger partial charge on any atom is 0.254 e. The van der Waals surface area contributed by atoms with E-state index in [9.17, 15) is 4.79 Å². The molecule has 1 unspecified atom stereocenters. The summed E-state index contributed by atoms with van der Waals surface area (Å²) in [5, 5.41) is 2.93. The SMILES string of the molecule is CCC(C)N(Cc1csc(COc2ccc(C)cc2)n1)C(=O)c1ccc(C)cc1. The molecule has 4 nitrogen and oxygen atoms in total.